The Bertz CT molecular complexity index is 1050. The molecule has 122 valence electrons. The smallest absolute Gasteiger partial charge is 0.275 e. The van der Waals surface area contributed by atoms with Crippen LogP contribution in [0.3, 0.4) is 0 Å². The molecule has 2 aromatic heterocycles. The molecule has 0 aliphatic heterocycles. The highest BCUT2D eigenvalue weighted by atomic mass is 35.5. The molecule has 0 saturated carbocycles. The minimum atomic E-state index is -0.339. The third kappa shape index (κ3) is 3.20. The van der Waals surface area contributed by atoms with Crippen LogP contribution < -0.4 is 5.32 Å². The molecule has 0 radical (unpaired) electrons. The maximum absolute atomic E-state index is 12.1. The number of halogens is 1. The van der Waals surface area contributed by atoms with Crippen molar-refractivity contribution in [2.75, 3.05) is 5.32 Å². The predicted molar refractivity (Wildman–Crippen MR) is 94.4 cm³/mol. The van der Waals surface area contributed by atoms with Gasteiger partial charge in [0, 0.05) is 28.7 Å². The largest absolute Gasteiger partial charge is 0.436 e. The van der Waals surface area contributed by atoms with Crippen LogP contribution in [0.2, 0.25) is 5.02 Å². The van der Waals surface area contributed by atoms with Crippen molar-refractivity contribution < 1.29 is 9.21 Å². The van der Waals surface area contributed by atoms with Crippen molar-refractivity contribution in [1.29, 1.82) is 0 Å². The molecule has 4 aromatic rings. The van der Waals surface area contributed by atoms with E-state index in [0.717, 1.165) is 5.56 Å². The first-order chi connectivity index (χ1) is 12.2. The van der Waals surface area contributed by atoms with Gasteiger partial charge < -0.3 is 9.73 Å². The summed E-state index contributed by atoms with van der Waals surface area (Å²) >= 11 is 5.90. The first-order valence-corrected chi connectivity index (χ1v) is 7.81. The normalized spacial score (nSPS) is 10.8. The zero-order valence-corrected chi connectivity index (χ0v) is 13.6. The van der Waals surface area contributed by atoms with Crippen molar-refractivity contribution >= 4 is 34.3 Å². The molecule has 0 fully saturated rings. The van der Waals surface area contributed by atoms with E-state index >= 15 is 0 Å². The maximum Gasteiger partial charge on any atom is 0.275 e. The molecule has 2 heterocycles. The molecule has 0 atom stereocenters. The molecule has 2 aromatic carbocycles. The van der Waals surface area contributed by atoms with Gasteiger partial charge in [0.25, 0.3) is 5.91 Å². The predicted octanol–water partition coefficient (Wildman–Crippen LogP) is 4.19. The minimum Gasteiger partial charge on any atom is -0.436 e. The van der Waals surface area contributed by atoms with Crippen LogP contribution in [-0.2, 0) is 0 Å². The van der Waals surface area contributed by atoms with Crippen LogP contribution >= 0.6 is 11.6 Å². The highest BCUT2D eigenvalue weighted by molar-refractivity contribution is 6.30. The average molecular weight is 351 g/mol. The van der Waals surface area contributed by atoms with Gasteiger partial charge in [0.2, 0.25) is 5.89 Å². The fourth-order valence-corrected chi connectivity index (χ4v) is 2.46. The van der Waals surface area contributed by atoms with Gasteiger partial charge in [0.1, 0.15) is 11.2 Å². The van der Waals surface area contributed by atoms with Crippen molar-refractivity contribution in [3.05, 3.63) is 71.8 Å². The van der Waals surface area contributed by atoms with E-state index in [1.807, 2.05) is 12.1 Å². The Balaban J connectivity index is 1.62. The second-order valence-corrected chi connectivity index (χ2v) is 5.69. The van der Waals surface area contributed by atoms with Crippen LogP contribution in [0.15, 0.2) is 65.5 Å². The molecule has 0 aliphatic rings. The summed E-state index contributed by atoms with van der Waals surface area (Å²) in [4.78, 5) is 24.5. The lowest BCUT2D eigenvalue weighted by atomic mass is 10.2. The van der Waals surface area contributed by atoms with Gasteiger partial charge in [-0.1, -0.05) is 11.6 Å². The highest BCUT2D eigenvalue weighted by Gasteiger charge is 2.11. The number of aromatic nitrogens is 3. The maximum atomic E-state index is 12.1. The van der Waals surface area contributed by atoms with E-state index in [-0.39, 0.29) is 11.6 Å². The minimum absolute atomic E-state index is 0.240. The number of nitrogens with one attached hydrogen (secondary N) is 1. The number of benzene rings is 2. The van der Waals surface area contributed by atoms with Crippen molar-refractivity contribution in [2.45, 2.75) is 0 Å². The zero-order chi connectivity index (χ0) is 17.2. The van der Waals surface area contributed by atoms with Crippen LogP contribution in [0.25, 0.3) is 22.6 Å². The zero-order valence-electron chi connectivity index (χ0n) is 12.8. The monoisotopic (exact) mass is 350 g/mol. The molecule has 0 aliphatic carbocycles. The lowest BCUT2D eigenvalue weighted by Gasteiger charge is -2.03. The van der Waals surface area contributed by atoms with Gasteiger partial charge >= 0.3 is 0 Å². The summed E-state index contributed by atoms with van der Waals surface area (Å²) in [6.45, 7) is 0. The number of hydrogen-bond acceptors (Lipinski definition) is 5. The summed E-state index contributed by atoms with van der Waals surface area (Å²) < 4.78 is 5.75. The van der Waals surface area contributed by atoms with Crippen LogP contribution in [0, 0.1) is 0 Å². The summed E-state index contributed by atoms with van der Waals surface area (Å²) in [5.74, 6) is 0.151. The SMILES string of the molecule is O=C(Nc1ccc2oc(-c3ccc(Cl)cc3)nc2c1)c1cnccn1. The van der Waals surface area contributed by atoms with Crippen molar-refractivity contribution in [3.8, 4) is 11.5 Å². The van der Waals surface area contributed by atoms with Gasteiger partial charge in [-0.25, -0.2) is 9.97 Å². The third-order valence-corrected chi connectivity index (χ3v) is 3.78. The molecular weight excluding hydrogens is 340 g/mol. The molecule has 6 nitrogen and oxygen atoms in total. The lowest BCUT2D eigenvalue weighted by molar-refractivity contribution is 0.102. The molecule has 0 saturated heterocycles. The Hall–Kier alpha value is -3.25. The van der Waals surface area contributed by atoms with Crippen LogP contribution in [0.4, 0.5) is 5.69 Å². The van der Waals surface area contributed by atoms with Gasteiger partial charge in [0.15, 0.2) is 5.58 Å². The number of carbonyl (C=O) groups is 1. The number of oxazole rings is 1. The Morgan fingerprint density at radius 1 is 1.08 bits per heavy atom. The van der Waals surface area contributed by atoms with Gasteiger partial charge in [-0.15, -0.1) is 0 Å². The topological polar surface area (TPSA) is 80.9 Å². The van der Waals surface area contributed by atoms with Gasteiger partial charge in [-0.05, 0) is 42.5 Å². The van der Waals surface area contributed by atoms with Gasteiger partial charge in [0.05, 0.1) is 6.20 Å². The van der Waals surface area contributed by atoms with Crippen molar-refractivity contribution in [2.24, 2.45) is 0 Å². The summed E-state index contributed by atoms with van der Waals surface area (Å²) in [6.07, 6.45) is 4.38. The summed E-state index contributed by atoms with van der Waals surface area (Å²) in [6, 6.07) is 12.5. The molecule has 7 heteroatoms. The number of anilines is 1. The third-order valence-electron chi connectivity index (χ3n) is 3.53. The Labute approximate surface area is 147 Å². The summed E-state index contributed by atoms with van der Waals surface area (Å²) in [7, 11) is 0. The lowest BCUT2D eigenvalue weighted by Crippen LogP contribution is -2.13. The number of nitrogens with zero attached hydrogens (tertiary/aromatic N) is 3. The molecule has 4 rings (SSSR count). The number of hydrogen-bond donors (Lipinski definition) is 1. The summed E-state index contributed by atoms with van der Waals surface area (Å²) in [5.41, 5.74) is 2.93. The highest BCUT2D eigenvalue weighted by Crippen LogP contribution is 2.27. The van der Waals surface area contributed by atoms with E-state index in [2.05, 4.69) is 20.3 Å². The van der Waals surface area contributed by atoms with Gasteiger partial charge in [-0.3, -0.25) is 9.78 Å². The fraction of sp³-hybridized carbons (Fsp3) is 0. The molecule has 25 heavy (non-hydrogen) atoms. The van der Waals surface area contributed by atoms with Crippen molar-refractivity contribution in [3.63, 3.8) is 0 Å². The van der Waals surface area contributed by atoms with E-state index in [9.17, 15) is 4.79 Å². The molecule has 0 bridgehead atoms. The average Bonchev–Trinajstić information content (AvgIpc) is 3.06. The van der Waals surface area contributed by atoms with Crippen LogP contribution in [0.5, 0.6) is 0 Å². The number of amides is 1. The van der Waals surface area contributed by atoms with Crippen molar-refractivity contribution in [1.82, 2.24) is 15.0 Å². The van der Waals surface area contributed by atoms with Crippen LogP contribution in [-0.4, -0.2) is 20.9 Å². The Kier molecular flexibility index (Phi) is 3.87. The molecule has 0 unspecified atom stereocenters. The summed E-state index contributed by atoms with van der Waals surface area (Å²) in [5, 5.41) is 3.41. The Morgan fingerprint density at radius 3 is 2.68 bits per heavy atom. The first kappa shape index (κ1) is 15.3. The fourth-order valence-electron chi connectivity index (χ4n) is 2.33. The Morgan fingerprint density at radius 2 is 1.92 bits per heavy atom. The van der Waals surface area contributed by atoms with E-state index in [0.29, 0.717) is 27.7 Å². The van der Waals surface area contributed by atoms with Gasteiger partial charge in [-0.2, -0.15) is 0 Å². The van der Waals surface area contributed by atoms with E-state index in [1.54, 1.807) is 30.3 Å². The first-order valence-electron chi connectivity index (χ1n) is 7.43. The second kappa shape index (κ2) is 6.33. The van der Waals surface area contributed by atoms with E-state index < -0.39 is 0 Å². The number of carbonyl (C=O) groups excluding carboxylic acids is 1. The van der Waals surface area contributed by atoms with E-state index in [1.165, 1.54) is 18.6 Å². The number of fused-ring (bicyclic) bond motifs is 1. The van der Waals surface area contributed by atoms with E-state index in [4.69, 9.17) is 16.0 Å². The second-order valence-electron chi connectivity index (χ2n) is 5.25. The molecule has 1 amide bonds. The van der Waals surface area contributed by atoms with Crippen LogP contribution in [0.1, 0.15) is 10.5 Å². The molecule has 1 N–H and O–H groups in total. The standard InChI is InChI=1S/C18H11ClN4O2/c19-12-3-1-11(2-4-12)18-23-14-9-13(5-6-16(14)25-18)22-17(24)15-10-20-7-8-21-15/h1-10H,(H,22,24). The molecule has 0 spiro atoms. The quantitative estimate of drug-likeness (QED) is 0.599. The molecular formula is C18H11ClN4O2. The number of rotatable bonds is 3.